The third-order valence-corrected chi connectivity index (χ3v) is 5.93. The molecule has 0 heterocycles. The van der Waals surface area contributed by atoms with Crippen molar-refractivity contribution in [1.82, 2.24) is 5.32 Å². The van der Waals surface area contributed by atoms with Crippen molar-refractivity contribution in [1.29, 1.82) is 0 Å². The van der Waals surface area contributed by atoms with Gasteiger partial charge in [-0.25, -0.2) is 9.59 Å². The topological polar surface area (TPSA) is 84.9 Å². The first-order valence-electron chi connectivity index (χ1n) is 11.3. The highest BCUT2D eigenvalue weighted by Gasteiger charge is 2.27. The van der Waals surface area contributed by atoms with Gasteiger partial charge in [0.25, 0.3) is 0 Å². The zero-order valence-electron chi connectivity index (χ0n) is 18.5. The monoisotopic (exact) mass is 417 g/mol. The minimum absolute atomic E-state index is 0.169. The highest BCUT2D eigenvalue weighted by molar-refractivity contribution is 5.91. The lowest BCUT2D eigenvalue weighted by molar-refractivity contribution is 0.0500. The third kappa shape index (κ3) is 6.13. The SMILES string of the molecule is CC(C)(C)OC(=O)NC1CCCCc2cc(OCC3CCCCC3)c(C(=O)O)cc21. The number of rotatable bonds is 5. The predicted molar refractivity (Wildman–Crippen MR) is 115 cm³/mol. The van der Waals surface area contributed by atoms with Crippen LogP contribution in [0.3, 0.4) is 0 Å². The summed E-state index contributed by atoms with van der Waals surface area (Å²) in [7, 11) is 0. The van der Waals surface area contributed by atoms with Crippen molar-refractivity contribution in [2.45, 2.75) is 90.2 Å². The first kappa shape index (κ1) is 22.4. The Kier molecular flexibility index (Phi) is 7.27. The van der Waals surface area contributed by atoms with Gasteiger partial charge in [0.1, 0.15) is 16.9 Å². The van der Waals surface area contributed by atoms with Crippen molar-refractivity contribution in [3.05, 3.63) is 28.8 Å². The number of carbonyl (C=O) groups excluding carboxylic acids is 1. The van der Waals surface area contributed by atoms with Crippen molar-refractivity contribution < 1.29 is 24.2 Å². The number of aromatic carboxylic acids is 1. The van der Waals surface area contributed by atoms with Gasteiger partial charge in [-0.05, 0) is 82.1 Å². The summed E-state index contributed by atoms with van der Waals surface area (Å²) in [5, 5.41) is 12.7. The smallest absolute Gasteiger partial charge is 0.408 e. The molecule has 0 saturated heterocycles. The number of amides is 1. The molecule has 6 heteroatoms. The fourth-order valence-electron chi connectivity index (χ4n) is 4.45. The molecule has 3 rings (SSSR count). The van der Waals surface area contributed by atoms with Crippen LogP contribution in [-0.4, -0.2) is 29.4 Å². The number of hydrogen-bond donors (Lipinski definition) is 2. The molecule has 0 bridgehead atoms. The van der Waals surface area contributed by atoms with Crippen molar-refractivity contribution >= 4 is 12.1 Å². The van der Waals surface area contributed by atoms with Gasteiger partial charge in [-0.3, -0.25) is 0 Å². The van der Waals surface area contributed by atoms with E-state index in [4.69, 9.17) is 9.47 Å². The summed E-state index contributed by atoms with van der Waals surface area (Å²) in [5.74, 6) is -0.0535. The number of hydrogen-bond acceptors (Lipinski definition) is 4. The van der Waals surface area contributed by atoms with E-state index in [-0.39, 0.29) is 11.6 Å². The Morgan fingerprint density at radius 2 is 1.77 bits per heavy atom. The number of ether oxygens (including phenoxy) is 2. The summed E-state index contributed by atoms with van der Waals surface area (Å²) in [6.07, 6.45) is 9.10. The molecule has 2 N–H and O–H groups in total. The van der Waals surface area contributed by atoms with Gasteiger partial charge in [0, 0.05) is 0 Å². The maximum Gasteiger partial charge on any atom is 0.408 e. The van der Waals surface area contributed by atoms with Crippen LogP contribution in [0.25, 0.3) is 0 Å². The van der Waals surface area contributed by atoms with E-state index in [2.05, 4.69) is 5.32 Å². The Labute approximate surface area is 179 Å². The van der Waals surface area contributed by atoms with Crippen LogP contribution >= 0.6 is 0 Å². The number of carboxylic acid groups (broad SMARTS) is 1. The maximum atomic E-state index is 12.3. The molecular formula is C24H35NO5. The Bertz CT molecular complexity index is 762. The summed E-state index contributed by atoms with van der Waals surface area (Å²) in [4.78, 5) is 24.3. The summed E-state index contributed by atoms with van der Waals surface area (Å²) in [6.45, 7) is 6.04. The summed E-state index contributed by atoms with van der Waals surface area (Å²) < 4.78 is 11.4. The van der Waals surface area contributed by atoms with E-state index in [1.165, 1.54) is 19.3 Å². The minimum Gasteiger partial charge on any atom is -0.492 e. The minimum atomic E-state index is -1.00. The molecule has 1 atom stereocenters. The molecule has 6 nitrogen and oxygen atoms in total. The van der Waals surface area contributed by atoms with Gasteiger partial charge in [0.05, 0.1) is 12.6 Å². The van der Waals surface area contributed by atoms with Crippen molar-refractivity contribution in [2.75, 3.05) is 6.61 Å². The van der Waals surface area contributed by atoms with Gasteiger partial charge in [0.15, 0.2) is 0 Å². The van der Waals surface area contributed by atoms with Gasteiger partial charge in [-0.2, -0.15) is 0 Å². The van der Waals surface area contributed by atoms with E-state index < -0.39 is 17.7 Å². The van der Waals surface area contributed by atoms with Gasteiger partial charge in [0.2, 0.25) is 0 Å². The number of benzene rings is 1. The normalized spacial score (nSPS) is 20.0. The molecule has 0 aliphatic heterocycles. The summed E-state index contributed by atoms with van der Waals surface area (Å²) >= 11 is 0. The van der Waals surface area contributed by atoms with Gasteiger partial charge < -0.3 is 19.9 Å². The van der Waals surface area contributed by atoms with E-state index in [9.17, 15) is 14.7 Å². The Morgan fingerprint density at radius 3 is 2.43 bits per heavy atom. The second-order valence-corrected chi connectivity index (χ2v) is 9.61. The largest absolute Gasteiger partial charge is 0.492 e. The number of aryl methyl sites for hydroxylation is 1. The quantitative estimate of drug-likeness (QED) is 0.606. The van der Waals surface area contributed by atoms with E-state index in [0.717, 1.165) is 49.7 Å². The average molecular weight is 418 g/mol. The maximum absolute atomic E-state index is 12.3. The second-order valence-electron chi connectivity index (χ2n) is 9.61. The molecule has 0 radical (unpaired) electrons. The van der Waals surface area contributed by atoms with E-state index in [1.807, 2.05) is 26.8 Å². The molecule has 0 spiro atoms. The molecular weight excluding hydrogens is 382 g/mol. The first-order chi connectivity index (χ1) is 14.2. The van der Waals surface area contributed by atoms with Crippen molar-refractivity contribution in [3.63, 3.8) is 0 Å². The fourth-order valence-corrected chi connectivity index (χ4v) is 4.45. The van der Waals surface area contributed by atoms with Crippen LogP contribution in [0, 0.1) is 5.92 Å². The third-order valence-electron chi connectivity index (χ3n) is 5.93. The molecule has 0 aromatic heterocycles. The molecule has 2 aliphatic rings. The van der Waals surface area contributed by atoms with Crippen LogP contribution in [0.1, 0.15) is 99.7 Å². The lowest BCUT2D eigenvalue weighted by Gasteiger charge is -2.25. The van der Waals surface area contributed by atoms with E-state index >= 15 is 0 Å². The number of alkyl carbamates (subject to hydrolysis) is 1. The molecule has 1 fully saturated rings. The van der Waals surface area contributed by atoms with Crippen LogP contribution in [0.4, 0.5) is 4.79 Å². The molecule has 2 aliphatic carbocycles. The highest BCUT2D eigenvalue weighted by Crippen LogP contribution is 2.35. The van der Waals surface area contributed by atoms with Crippen LogP contribution in [0.5, 0.6) is 5.75 Å². The molecule has 1 aromatic carbocycles. The predicted octanol–water partition coefficient (Wildman–Crippen LogP) is 5.64. The molecule has 166 valence electrons. The summed E-state index contributed by atoms with van der Waals surface area (Å²) in [6, 6.07) is 3.32. The van der Waals surface area contributed by atoms with Gasteiger partial charge >= 0.3 is 12.1 Å². The molecule has 1 amide bonds. The number of nitrogens with one attached hydrogen (secondary N) is 1. The number of carbonyl (C=O) groups is 2. The molecule has 1 aromatic rings. The van der Waals surface area contributed by atoms with Crippen LogP contribution < -0.4 is 10.1 Å². The van der Waals surface area contributed by atoms with Crippen LogP contribution in [-0.2, 0) is 11.2 Å². The van der Waals surface area contributed by atoms with Crippen molar-refractivity contribution in [3.8, 4) is 5.75 Å². The van der Waals surface area contributed by atoms with Crippen molar-refractivity contribution in [2.24, 2.45) is 5.92 Å². The second kappa shape index (κ2) is 9.71. The number of carboxylic acids is 1. The Hall–Kier alpha value is -2.24. The first-order valence-corrected chi connectivity index (χ1v) is 11.3. The zero-order valence-corrected chi connectivity index (χ0v) is 18.5. The molecule has 1 unspecified atom stereocenters. The number of fused-ring (bicyclic) bond motifs is 1. The van der Waals surface area contributed by atoms with E-state index in [1.54, 1.807) is 6.07 Å². The van der Waals surface area contributed by atoms with Crippen LogP contribution in [0.2, 0.25) is 0 Å². The average Bonchev–Trinajstić information content (AvgIpc) is 2.86. The molecule has 1 saturated carbocycles. The van der Waals surface area contributed by atoms with Crippen LogP contribution in [0.15, 0.2) is 12.1 Å². The Balaban J connectivity index is 1.82. The van der Waals surface area contributed by atoms with Gasteiger partial charge in [-0.15, -0.1) is 0 Å². The lowest BCUT2D eigenvalue weighted by atomic mass is 9.90. The Morgan fingerprint density at radius 1 is 1.07 bits per heavy atom. The zero-order chi connectivity index (χ0) is 21.7. The summed E-state index contributed by atoms with van der Waals surface area (Å²) in [5.41, 5.74) is 1.50. The lowest BCUT2D eigenvalue weighted by Crippen LogP contribution is -2.35. The highest BCUT2D eigenvalue weighted by atomic mass is 16.6. The van der Waals surface area contributed by atoms with E-state index in [0.29, 0.717) is 18.3 Å². The van der Waals surface area contributed by atoms with Gasteiger partial charge in [-0.1, -0.05) is 25.7 Å². The molecule has 30 heavy (non-hydrogen) atoms. The standard InChI is InChI=1S/C24H35NO5/c1-24(2,3)30-23(28)25-20-12-8-7-11-17-13-21(19(22(26)27)14-18(17)20)29-15-16-9-5-4-6-10-16/h13-14,16,20H,4-12,15H2,1-3H3,(H,25,28)(H,26,27). The fraction of sp³-hybridized carbons (Fsp3) is 0.667.